The molecule has 4 aromatic heterocycles. The number of aromatic nitrogens is 2. The van der Waals surface area contributed by atoms with E-state index in [0.29, 0.717) is 32.3 Å². The van der Waals surface area contributed by atoms with Crippen LogP contribution in [0.4, 0.5) is 11.4 Å². The quantitative estimate of drug-likeness (QED) is 0.0646. The monoisotopic (exact) mass is 991 g/mol. The van der Waals surface area contributed by atoms with Crippen LogP contribution >= 0.6 is 22.7 Å². The summed E-state index contributed by atoms with van der Waals surface area (Å²) in [6.45, 7) is 14.9. The van der Waals surface area contributed by atoms with Gasteiger partial charge in [-0.2, -0.15) is 22.7 Å². The van der Waals surface area contributed by atoms with E-state index >= 15 is 0 Å². The normalized spacial score (nSPS) is 11.1. The largest absolute Gasteiger partial charge is 0.512 e. The molecule has 8 rings (SSSR count). The summed E-state index contributed by atoms with van der Waals surface area (Å²) in [5, 5.41) is 11.2. The van der Waals surface area contributed by atoms with E-state index in [9.17, 15) is 14.4 Å². The Hall–Kier alpha value is -5.46. The van der Waals surface area contributed by atoms with Gasteiger partial charge in [-0.3, -0.25) is 24.4 Å². The number of benzene rings is 4. The van der Waals surface area contributed by atoms with E-state index in [1.807, 2.05) is 84.9 Å². The van der Waals surface area contributed by atoms with Gasteiger partial charge in [0.05, 0.1) is 38.0 Å². The molecule has 10 nitrogen and oxygen atoms in total. The maximum absolute atomic E-state index is 12.5. The zero-order valence-electron chi connectivity index (χ0n) is 32.9. The fourth-order valence-electron chi connectivity index (χ4n) is 6.18. The van der Waals surface area contributed by atoms with Crippen LogP contribution in [0.15, 0.2) is 115 Å². The van der Waals surface area contributed by atoms with E-state index in [0.717, 1.165) is 68.8 Å². The number of aliphatic hydroxyl groups excluding tert-OH is 1. The molecule has 0 spiro atoms. The number of hydrogen-bond donors (Lipinski definition) is 1. The van der Waals surface area contributed by atoms with Crippen molar-refractivity contribution in [1.82, 2.24) is 9.97 Å². The number of rotatable bonds is 9. The van der Waals surface area contributed by atoms with Crippen molar-refractivity contribution >= 4 is 82.2 Å². The molecular weight excluding hydrogens is 949 g/mol. The molecule has 0 amide bonds. The third-order valence-electron chi connectivity index (χ3n) is 8.95. The zero-order chi connectivity index (χ0) is 40.6. The van der Waals surface area contributed by atoms with Crippen LogP contribution in [0.1, 0.15) is 41.5 Å². The molecule has 0 atom stereocenters. The first-order valence-electron chi connectivity index (χ1n) is 18.6. The summed E-state index contributed by atoms with van der Waals surface area (Å²) in [4.78, 5) is 48.5. The van der Waals surface area contributed by atoms with Gasteiger partial charge >= 0.3 is 0 Å². The summed E-state index contributed by atoms with van der Waals surface area (Å²) >= 11 is 2.96. The van der Waals surface area contributed by atoms with Gasteiger partial charge < -0.3 is 23.7 Å². The SMILES string of the molecule is CC(=O)/C=C(/C)O.CCN(CC)c1ccc2[c-]c(-c3nc4ccccc4s3)c(=O)oc2c1.CCN(CC)c1ccc2[c-]c(-c3nc4ccccc4s3)c(=O)oc2c1.[Ir]. The number of para-hydroxylation sites is 2. The maximum Gasteiger partial charge on any atom is 0.269 e. The van der Waals surface area contributed by atoms with E-state index in [4.69, 9.17) is 13.9 Å². The molecule has 0 saturated heterocycles. The molecule has 0 aliphatic carbocycles. The number of anilines is 2. The molecule has 1 radical (unpaired) electrons. The van der Waals surface area contributed by atoms with Crippen molar-refractivity contribution < 1.29 is 38.8 Å². The van der Waals surface area contributed by atoms with Crippen molar-refractivity contribution in [1.29, 1.82) is 0 Å². The summed E-state index contributed by atoms with van der Waals surface area (Å²) < 4.78 is 13.2. The van der Waals surface area contributed by atoms with E-state index < -0.39 is 11.3 Å². The van der Waals surface area contributed by atoms with Gasteiger partial charge in [-0.05, 0) is 89.1 Å². The average Bonchev–Trinajstić information content (AvgIpc) is 3.83. The first kappa shape index (κ1) is 43.7. The van der Waals surface area contributed by atoms with Gasteiger partial charge in [0.1, 0.15) is 0 Å². The summed E-state index contributed by atoms with van der Waals surface area (Å²) in [6, 6.07) is 33.8. The van der Waals surface area contributed by atoms with Crippen LogP contribution in [0.25, 0.3) is 63.5 Å². The number of allylic oxidation sites excluding steroid dienone is 2. The number of carbonyl (C=O) groups is 1. The molecule has 0 aliphatic rings. The van der Waals surface area contributed by atoms with Crippen LogP contribution in [0.5, 0.6) is 0 Å². The molecule has 0 fully saturated rings. The molecule has 4 aromatic carbocycles. The Kier molecular flexibility index (Phi) is 14.9. The van der Waals surface area contributed by atoms with Crippen LogP contribution in [0, 0.1) is 12.1 Å². The summed E-state index contributed by atoms with van der Waals surface area (Å²) in [6.07, 6.45) is 1.17. The second-order valence-electron chi connectivity index (χ2n) is 12.9. The minimum absolute atomic E-state index is 0. The number of fused-ring (bicyclic) bond motifs is 4. The first-order chi connectivity index (χ1) is 27.5. The molecule has 58 heavy (non-hydrogen) atoms. The minimum Gasteiger partial charge on any atom is -0.512 e. The summed E-state index contributed by atoms with van der Waals surface area (Å²) in [5.74, 6) is -0.0625. The predicted octanol–water partition coefficient (Wildman–Crippen LogP) is 10.5. The van der Waals surface area contributed by atoms with Crippen LogP contribution < -0.4 is 21.1 Å². The van der Waals surface area contributed by atoms with Crippen LogP contribution in [0.2, 0.25) is 0 Å². The number of aliphatic hydroxyl groups is 1. The average molecular weight is 991 g/mol. The number of carbonyl (C=O) groups excluding carboxylic acids is 1. The topological polar surface area (TPSA) is 130 Å². The van der Waals surface area contributed by atoms with Crippen molar-refractivity contribution in [3.05, 3.63) is 130 Å². The zero-order valence-corrected chi connectivity index (χ0v) is 36.9. The molecule has 0 unspecified atom stereocenters. The fraction of sp³-hybridized carbons (Fsp3) is 0.222. The van der Waals surface area contributed by atoms with E-state index in [2.05, 4.69) is 59.6 Å². The van der Waals surface area contributed by atoms with Crippen molar-refractivity contribution in [3.8, 4) is 21.1 Å². The van der Waals surface area contributed by atoms with Crippen LogP contribution in [-0.2, 0) is 24.9 Å². The van der Waals surface area contributed by atoms with Crippen LogP contribution in [0.3, 0.4) is 0 Å². The van der Waals surface area contributed by atoms with Crippen molar-refractivity contribution in [2.45, 2.75) is 41.5 Å². The Balaban J connectivity index is 0.000000188. The summed E-state index contributed by atoms with van der Waals surface area (Å²) in [7, 11) is 0. The molecular formula is C45H42IrN4O6S2-2. The number of thiazole rings is 2. The number of hydrogen-bond acceptors (Lipinski definition) is 12. The summed E-state index contributed by atoms with van der Waals surface area (Å²) in [5.41, 5.74) is 4.95. The van der Waals surface area contributed by atoms with Gasteiger partial charge in [-0.15, -0.1) is 24.3 Å². The van der Waals surface area contributed by atoms with E-state index in [-0.39, 0.29) is 31.6 Å². The standard InChI is InChI=1S/2C20H17N2O2S.C5H8O2.Ir/c2*1-3-22(4-2)14-10-9-13-11-15(20(23)24-17(13)12-14)19-21-16-7-5-6-8-18(16)25-19;1-4(6)3-5(2)7;/h2*5-10,12H,3-4H2,1-2H3;3,6H,1-2H3;/q2*-1;;/b;;4-3-;. The minimum atomic E-state index is -0.400. The number of ketones is 1. The molecule has 0 bridgehead atoms. The van der Waals surface area contributed by atoms with Crippen LogP contribution in [-0.4, -0.2) is 47.0 Å². The van der Waals surface area contributed by atoms with E-state index in [1.165, 1.54) is 42.6 Å². The van der Waals surface area contributed by atoms with Crippen molar-refractivity contribution in [3.63, 3.8) is 0 Å². The second-order valence-corrected chi connectivity index (χ2v) is 14.9. The molecule has 8 aromatic rings. The molecule has 4 heterocycles. The Morgan fingerprint density at radius 3 is 1.40 bits per heavy atom. The van der Waals surface area contributed by atoms with Gasteiger partial charge in [0.15, 0.2) is 5.78 Å². The Morgan fingerprint density at radius 1 is 0.672 bits per heavy atom. The Labute approximate surface area is 357 Å². The van der Waals surface area contributed by atoms with Gasteiger partial charge in [0.25, 0.3) is 11.3 Å². The Bertz CT molecular complexity index is 2590. The molecule has 0 saturated carbocycles. The second kappa shape index (κ2) is 19.8. The molecule has 1 N–H and O–H groups in total. The first-order valence-corrected chi connectivity index (χ1v) is 20.2. The van der Waals surface area contributed by atoms with Crippen molar-refractivity contribution in [2.75, 3.05) is 36.0 Å². The van der Waals surface area contributed by atoms with Gasteiger partial charge in [-0.1, -0.05) is 47.2 Å². The van der Waals surface area contributed by atoms with E-state index in [1.54, 1.807) is 0 Å². The third-order valence-corrected chi connectivity index (χ3v) is 11.1. The molecule has 13 heteroatoms. The molecule has 301 valence electrons. The van der Waals surface area contributed by atoms with Crippen molar-refractivity contribution in [2.24, 2.45) is 0 Å². The maximum atomic E-state index is 12.5. The number of nitrogens with zero attached hydrogens (tertiary/aromatic N) is 4. The smallest absolute Gasteiger partial charge is 0.269 e. The Morgan fingerprint density at radius 2 is 1.07 bits per heavy atom. The van der Waals surface area contributed by atoms with Gasteiger partial charge in [-0.25, -0.2) is 0 Å². The van der Waals surface area contributed by atoms with Gasteiger partial charge in [0.2, 0.25) is 0 Å². The molecule has 0 aliphatic heterocycles. The predicted molar refractivity (Wildman–Crippen MR) is 234 cm³/mol. The third kappa shape index (κ3) is 10.2. The van der Waals surface area contributed by atoms with Gasteiger partial charge in [0, 0.05) is 73.1 Å². The fourth-order valence-corrected chi connectivity index (χ4v) is 8.08.